The number of nitrogen functional groups attached to an aromatic ring is 1. The molecule has 0 aromatic heterocycles. The summed E-state index contributed by atoms with van der Waals surface area (Å²) in [6, 6.07) is 4.45. The van der Waals surface area contributed by atoms with Crippen molar-refractivity contribution in [2.24, 2.45) is 0 Å². The molecule has 1 fully saturated rings. The summed E-state index contributed by atoms with van der Waals surface area (Å²) in [5, 5.41) is 0.159. The van der Waals surface area contributed by atoms with Crippen molar-refractivity contribution in [2.45, 2.75) is 49.5 Å². The fourth-order valence-corrected chi connectivity index (χ4v) is 4.57. The van der Waals surface area contributed by atoms with Gasteiger partial charge in [0, 0.05) is 11.2 Å². The largest absolute Gasteiger partial charge is 0.399 e. The van der Waals surface area contributed by atoms with E-state index in [4.69, 9.17) is 17.3 Å². The Balaban J connectivity index is 2.27. The van der Waals surface area contributed by atoms with Crippen molar-refractivity contribution in [2.75, 3.05) is 5.73 Å². The van der Waals surface area contributed by atoms with E-state index in [0.29, 0.717) is 5.69 Å². The molecule has 0 unspecified atom stereocenters. The van der Waals surface area contributed by atoms with E-state index in [1.54, 1.807) is 6.07 Å². The van der Waals surface area contributed by atoms with Crippen molar-refractivity contribution >= 4 is 27.3 Å². The summed E-state index contributed by atoms with van der Waals surface area (Å²) in [4.78, 5) is 0.0927. The van der Waals surface area contributed by atoms with Crippen molar-refractivity contribution in [1.29, 1.82) is 0 Å². The van der Waals surface area contributed by atoms with Gasteiger partial charge in [-0.15, -0.1) is 0 Å². The SMILES string of the molecule is CC1(NS(=O)(=O)c2ccc(N)cc2Cl)CCCCC1. The zero-order valence-corrected chi connectivity index (χ0v) is 12.5. The lowest BCUT2D eigenvalue weighted by atomic mass is 9.84. The van der Waals surface area contributed by atoms with Crippen LogP contribution in [0.5, 0.6) is 0 Å². The summed E-state index contributed by atoms with van der Waals surface area (Å²) < 4.78 is 27.6. The molecule has 0 atom stereocenters. The molecule has 4 nitrogen and oxygen atoms in total. The van der Waals surface area contributed by atoms with E-state index in [-0.39, 0.29) is 15.5 Å². The molecule has 0 bridgehead atoms. The monoisotopic (exact) mass is 302 g/mol. The number of anilines is 1. The topological polar surface area (TPSA) is 72.2 Å². The highest BCUT2D eigenvalue weighted by molar-refractivity contribution is 7.89. The molecule has 106 valence electrons. The Morgan fingerprint density at radius 1 is 1.26 bits per heavy atom. The predicted molar refractivity (Wildman–Crippen MR) is 77.7 cm³/mol. The number of hydrogen-bond donors (Lipinski definition) is 2. The van der Waals surface area contributed by atoms with Crippen molar-refractivity contribution in [3.05, 3.63) is 23.2 Å². The van der Waals surface area contributed by atoms with Crippen molar-refractivity contribution < 1.29 is 8.42 Å². The lowest BCUT2D eigenvalue weighted by Crippen LogP contribution is -2.47. The first-order chi connectivity index (χ1) is 8.82. The van der Waals surface area contributed by atoms with Gasteiger partial charge in [0.25, 0.3) is 0 Å². The molecule has 0 heterocycles. The van der Waals surface area contributed by atoms with E-state index in [1.807, 2.05) is 6.92 Å². The Labute approximate surface area is 119 Å². The molecular weight excluding hydrogens is 284 g/mol. The van der Waals surface area contributed by atoms with Gasteiger partial charge in [-0.3, -0.25) is 0 Å². The first-order valence-electron chi connectivity index (χ1n) is 6.41. The summed E-state index contributed by atoms with van der Waals surface area (Å²) in [5.74, 6) is 0. The molecule has 1 aliphatic rings. The summed E-state index contributed by atoms with van der Waals surface area (Å²) in [6.45, 7) is 1.95. The minimum atomic E-state index is -3.60. The molecule has 1 saturated carbocycles. The van der Waals surface area contributed by atoms with E-state index in [0.717, 1.165) is 25.7 Å². The Bertz CT molecular complexity index is 566. The van der Waals surface area contributed by atoms with Gasteiger partial charge in [-0.25, -0.2) is 13.1 Å². The maximum absolute atomic E-state index is 12.4. The fraction of sp³-hybridized carbons (Fsp3) is 0.538. The van der Waals surface area contributed by atoms with Crippen LogP contribution in [0.2, 0.25) is 5.02 Å². The minimum absolute atomic E-state index is 0.0927. The van der Waals surface area contributed by atoms with Crippen LogP contribution in [0, 0.1) is 0 Å². The number of hydrogen-bond acceptors (Lipinski definition) is 3. The highest BCUT2D eigenvalue weighted by Crippen LogP contribution is 2.31. The summed E-state index contributed by atoms with van der Waals surface area (Å²) in [6.07, 6.45) is 4.99. The lowest BCUT2D eigenvalue weighted by molar-refractivity contribution is 0.294. The summed E-state index contributed by atoms with van der Waals surface area (Å²) in [5.41, 5.74) is 5.66. The van der Waals surface area contributed by atoms with Crippen LogP contribution in [-0.2, 0) is 10.0 Å². The van der Waals surface area contributed by atoms with Crippen LogP contribution in [-0.4, -0.2) is 14.0 Å². The van der Waals surface area contributed by atoms with E-state index in [9.17, 15) is 8.42 Å². The van der Waals surface area contributed by atoms with Gasteiger partial charge in [0.05, 0.1) is 5.02 Å². The van der Waals surface area contributed by atoms with Gasteiger partial charge >= 0.3 is 0 Å². The number of nitrogens with two attached hydrogens (primary N) is 1. The molecule has 0 aliphatic heterocycles. The second kappa shape index (κ2) is 5.31. The number of nitrogens with one attached hydrogen (secondary N) is 1. The average Bonchev–Trinajstić information content (AvgIpc) is 2.27. The van der Waals surface area contributed by atoms with Gasteiger partial charge in [0.2, 0.25) is 10.0 Å². The van der Waals surface area contributed by atoms with Crippen LogP contribution in [0.25, 0.3) is 0 Å². The van der Waals surface area contributed by atoms with Gasteiger partial charge < -0.3 is 5.73 Å². The van der Waals surface area contributed by atoms with Crippen LogP contribution in [0.1, 0.15) is 39.0 Å². The number of sulfonamides is 1. The molecule has 0 saturated heterocycles. The maximum Gasteiger partial charge on any atom is 0.242 e. The number of rotatable bonds is 3. The smallest absolute Gasteiger partial charge is 0.242 e. The number of benzene rings is 1. The second-order valence-corrected chi connectivity index (χ2v) is 7.47. The molecule has 3 N–H and O–H groups in total. The Kier molecular flexibility index (Phi) is 4.08. The Morgan fingerprint density at radius 3 is 2.47 bits per heavy atom. The molecule has 1 aromatic carbocycles. The Morgan fingerprint density at radius 2 is 1.89 bits per heavy atom. The zero-order valence-electron chi connectivity index (χ0n) is 10.9. The van der Waals surface area contributed by atoms with Crippen molar-refractivity contribution in [3.63, 3.8) is 0 Å². The van der Waals surface area contributed by atoms with Crippen LogP contribution in [0.15, 0.2) is 23.1 Å². The van der Waals surface area contributed by atoms with Crippen LogP contribution in [0.4, 0.5) is 5.69 Å². The van der Waals surface area contributed by atoms with E-state index < -0.39 is 10.0 Å². The van der Waals surface area contributed by atoms with Crippen LogP contribution in [0.3, 0.4) is 0 Å². The highest BCUT2D eigenvalue weighted by atomic mass is 35.5. The maximum atomic E-state index is 12.4. The highest BCUT2D eigenvalue weighted by Gasteiger charge is 2.32. The third-order valence-corrected chi connectivity index (χ3v) is 5.70. The van der Waals surface area contributed by atoms with Gasteiger partial charge in [0.1, 0.15) is 4.90 Å². The zero-order chi connectivity index (χ0) is 14.1. The normalized spacial score (nSPS) is 19.3. The van der Waals surface area contributed by atoms with E-state index in [2.05, 4.69) is 4.72 Å². The van der Waals surface area contributed by atoms with Crippen LogP contribution < -0.4 is 10.5 Å². The standard InChI is InChI=1S/C13H19ClN2O2S/c1-13(7-3-2-4-8-13)16-19(17,18)12-6-5-10(15)9-11(12)14/h5-6,9,16H,2-4,7-8,15H2,1H3. The van der Waals surface area contributed by atoms with Gasteiger partial charge in [-0.2, -0.15) is 0 Å². The molecule has 0 spiro atoms. The molecular formula is C13H19ClN2O2S. The van der Waals surface area contributed by atoms with E-state index >= 15 is 0 Å². The lowest BCUT2D eigenvalue weighted by Gasteiger charge is -2.34. The van der Waals surface area contributed by atoms with Crippen LogP contribution >= 0.6 is 11.6 Å². The molecule has 0 radical (unpaired) electrons. The quantitative estimate of drug-likeness (QED) is 0.843. The van der Waals surface area contributed by atoms with Gasteiger partial charge in [0.15, 0.2) is 0 Å². The van der Waals surface area contributed by atoms with Crippen molar-refractivity contribution in [3.8, 4) is 0 Å². The molecule has 19 heavy (non-hydrogen) atoms. The van der Waals surface area contributed by atoms with Crippen molar-refractivity contribution in [1.82, 2.24) is 4.72 Å². The molecule has 6 heteroatoms. The molecule has 2 rings (SSSR count). The average molecular weight is 303 g/mol. The number of halogens is 1. The summed E-state index contributed by atoms with van der Waals surface area (Å²) in [7, 11) is -3.60. The first-order valence-corrected chi connectivity index (χ1v) is 8.28. The van der Waals surface area contributed by atoms with Gasteiger partial charge in [-0.1, -0.05) is 30.9 Å². The van der Waals surface area contributed by atoms with Gasteiger partial charge in [-0.05, 0) is 38.0 Å². The molecule has 0 amide bonds. The Hall–Kier alpha value is -0.780. The predicted octanol–water partition coefficient (Wildman–Crippen LogP) is 2.92. The molecule has 1 aliphatic carbocycles. The first kappa shape index (κ1) is 14.6. The summed E-state index contributed by atoms with van der Waals surface area (Å²) >= 11 is 5.98. The minimum Gasteiger partial charge on any atom is -0.399 e. The fourth-order valence-electron chi connectivity index (χ4n) is 2.55. The van der Waals surface area contributed by atoms with E-state index in [1.165, 1.54) is 18.6 Å². The third-order valence-electron chi connectivity index (χ3n) is 3.58. The third kappa shape index (κ3) is 3.41. The second-order valence-electron chi connectivity index (χ2n) is 5.42. The molecule has 1 aromatic rings.